The van der Waals surface area contributed by atoms with Crippen LogP contribution in [0.5, 0.6) is 5.75 Å². The summed E-state index contributed by atoms with van der Waals surface area (Å²) < 4.78 is 9.56. The zero-order valence-corrected chi connectivity index (χ0v) is 10.5. The Bertz CT molecular complexity index is 664. The van der Waals surface area contributed by atoms with E-state index in [0.29, 0.717) is 11.4 Å². The molecule has 0 saturated heterocycles. The van der Waals surface area contributed by atoms with Crippen LogP contribution in [0.15, 0.2) is 35.1 Å². The van der Waals surface area contributed by atoms with E-state index in [0.717, 1.165) is 5.56 Å². The van der Waals surface area contributed by atoms with Crippen LogP contribution in [-0.4, -0.2) is 30.4 Å². The minimum Gasteiger partial charge on any atom is -0.497 e. The minimum atomic E-state index is -0.765. The van der Waals surface area contributed by atoms with Gasteiger partial charge in [0, 0.05) is 11.6 Å². The largest absolute Gasteiger partial charge is 0.497 e. The Balaban J connectivity index is 2.44. The highest BCUT2D eigenvalue weighted by atomic mass is 16.5. The van der Waals surface area contributed by atoms with Gasteiger partial charge in [0.2, 0.25) is 11.1 Å². The van der Waals surface area contributed by atoms with Crippen molar-refractivity contribution in [1.82, 2.24) is 10.2 Å². The number of carbonyl (C=O) groups is 1. The highest BCUT2D eigenvalue weighted by Gasteiger charge is 2.13. The summed E-state index contributed by atoms with van der Waals surface area (Å²) >= 11 is 0. The Morgan fingerprint density at radius 1 is 1.26 bits per heavy atom. The second kappa shape index (κ2) is 5.34. The molecule has 1 heterocycles. The van der Waals surface area contributed by atoms with E-state index in [1.54, 1.807) is 31.4 Å². The predicted molar refractivity (Wildman–Crippen MR) is 68.2 cm³/mol. The molecule has 0 unspecified atom stereocenters. The quantitative estimate of drug-likeness (QED) is 0.839. The van der Waals surface area contributed by atoms with Gasteiger partial charge in [-0.25, -0.2) is 4.79 Å². The molecule has 6 heteroatoms. The van der Waals surface area contributed by atoms with E-state index >= 15 is 0 Å². The average Bonchev–Trinajstić information content (AvgIpc) is 2.46. The number of benzene rings is 1. The molecule has 0 amide bonds. The fourth-order valence-corrected chi connectivity index (χ4v) is 1.58. The van der Waals surface area contributed by atoms with E-state index in [1.807, 2.05) is 0 Å². The van der Waals surface area contributed by atoms with E-state index in [4.69, 9.17) is 4.74 Å². The number of aromatic amines is 1. The van der Waals surface area contributed by atoms with E-state index in [2.05, 4.69) is 14.9 Å². The van der Waals surface area contributed by atoms with Crippen LogP contribution in [0, 0.1) is 0 Å². The number of nitrogens with one attached hydrogen (secondary N) is 1. The minimum absolute atomic E-state index is 0.269. The number of hydrogen-bond acceptors (Lipinski definition) is 5. The number of ether oxygens (including phenoxy) is 2. The molecule has 0 aliphatic carbocycles. The Morgan fingerprint density at radius 2 is 2.05 bits per heavy atom. The van der Waals surface area contributed by atoms with Crippen LogP contribution in [0.4, 0.5) is 0 Å². The zero-order valence-electron chi connectivity index (χ0n) is 10.5. The lowest BCUT2D eigenvalue weighted by molar-refractivity contribution is 0.0591. The van der Waals surface area contributed by atoms with Crippen LogP contribution >= 0.6 is 0 Å². The summed E-state index contributed by atoms with van der Waals surface area (Å²) in [5, 5.41) is 6.38. The van der Waals surface area contributed by atoms with Crippen molar-refractivity contribution in [2.24, 2.45) is 0 Å². The number of methoxy groups -OCH3 is 2. The number of nitrogens with zero attached hydrogens (tertiary/aromatic N) is 1. The maximum absolute atomic E-state index is 11.8. The highest BCUT2D eigenvalue weighted by molar-refractivity contribution is 5.87. The van der Waals surface area contributed by atoms with Crippen molar-refractivity contribution in [1.29, 1.82) is 0 Å². The first-order valence-electron chi connectivity index (χ1n) is 5.48. The number of esters is 1. The molecule has 19 heavy (non-hydrogen) atoms. The van der Waals surface area contributed by atoms with Crippen LogP contribution < -0.4 is 10.2 Å². The summed E-state index contributed by atoms with van der Waals surface area (Å²) in [5.41, 5.74) is 0.467. The van der Waals surface area contributed by atoms with Gasteiger partial charge in [-0.05, 0) is 12.1 Å². The maximum atomic E-state index is 11.8. The van der Waals surface area contributed by atoms with Gasteiger partial charge in [-0.2, -0.15) is 5.10 Å². The molecule has 0 atom stereocenters. The molecule has 6 nitrogen and oxygen atoms in total. The van der Waals surface area contributed by atoms with Crippen molar-refractivity contribution in [3.8, 4) is 17.0 Å². The summed E-state index contributed by atoms with van der Waals surface area (Å²) in [5.74, 6) is -0.103. The molecule has 0 radical (unpaired) electrons. The van der Waals surface area contributed by atoms with Crippen molar-refractivity contribution in [2.75, 3.05) is 14.2 Å². The Morgan fingerprint density at radius 3 is 2.68 bits per heavy atom. The Labute approximate surface area is 109 Å². The van der Waals surface area contributed by atoms with Crippen LogP contribution in [0.25, 0.3) is 11.3 Å². The summed E-state index contributed by atoms with van der Waals surface area (Å²) in [7, 11) is 2.75. The van der Waals surface area contributed by atoms with Gasteiger partial charge in [0.1, 0.15) is 5.75 Å². The van der Waals surface area contributed by atoms with Crippen LogP contribution in [0.1, 0.15) is 10.5 Å². The van der Waals surface area contributed by atoms with E-state index in [1.165, 1.54) is 13.2 Å². The van der Waals surface area contributed by atoms with Gasteiger partial charge in [0.15, 0.2) is 0 Å². The second-order valence-corrected chi connectivity index (χ2v) is 3.72. The SMILES string of the molecule is COC(=O)c1n[nH]c(-c2cccc(OC)c2)cc1=O. The second-order valence-electron chi connectivity index (χ2n) is 3.72. The molecule has 1 aromatic carbocycles. The molecule has 0 spiro atoms. The van der Waals surface area contributed by atoms with Crippen molar-refractivity contribution in [3.05, 3.63) is 46.2 Å². The third-order valence-electron chi connectivity index (χ3n) is 2.56. The fourth-order valence-electron chi connectivity index (χ4n) is 1.58. The summed E-state index contributed by atoms with van der Waals surface area (Å²) in [4.78, 5) is 23.0. The van der Waals surface area contributed by atoms with Crippen molar-refractivity contribution in [3.63, 3.8) is 0 Å². The molecule has 2 aromatic rings. The molecule has 0 saturated carbocycles. The molecule has 0 aliphatic rings. The number of hydrogen-bond donors (Lipinski definition) is 1. The first kappa shape index (κ1) is 12.8. The lowest BCUT2D eigenvalue weighted by Crippen LogP contribution is -2.19. The smallest absolute Gasteiger partial charge is 0.362 e. The maximum Gasteiger partial charge on any atom is 0.362 e. The van der Waals surface area contributed by atoms with E-state index in [-0.39, 0.29) is 5.69 Å². The van der Waals surface area contributed by atoms with Crippen molar-refractivity contribution < 1.29 is 14.3 Å². The van der Waals surface area contributed by atoms with Gasteiger partial charge < -0.3 is 9.47 Å². The first-order valence-corrected chi connectivity index (χ1v) is 5.48. The van der Waals surface area contributed by atoms with Gasteiger partial charge in [0.25, 0.3) is 0 Å². The van der Waals surface area contributed by atoms with Crippen LogP contribution in [-0.2, 0) is 4.74 Å². The van der Waals surface area contributed by atoms with Gasteiger partial charge in [0.05, 0.1) is 19.9 Å². The van der Waals surface area contributed by atoms with Crippen molar-refractivity contribution >= 4 is 5.97 Å². The zero-order chi connectivity index (χ0) is 13.8. The summed E-state index contributed by atoms with van der Waals surface area (Å²) in [6.07, 6.45) is 0. The first-order chi connectivity index (χ1) is 9.15. The molecule has 0 aliphatic heterocycles. The third-order valence-corrected chi connectivity index (χ3v) is 2.56. The number of H-pyrrole nitrogens is 1. The average molecular weight is 260 g/mol. The normalized spacial score (nSPS) is 10.0. The van der Waals surface area contributed by atoms with E-state index in [9.17, 15) is 9.59 Å². The van der Waals surface area contributed by atoms with Gasteiger partial charge in [-0.3, -0.25) is 9.89 Å². The standard InChI is InChI=1S/C13H12N2O4/c1-18-9-5-3-4-8(6-9)10-7-11(16)12(15-14-10)13(17)19-2/h3-7H,1-2H3,(H,14,16). The molecule has 0 bridgehead atoms. The Kier molecular flexibility index (Phi) is 3.61. The summed E-state index contributed by atoms with van der Waals surface area (Å²) in [6.45, 7) is 0. The van der Waals surface area contributed by atoms with Crippen LogP contribution in [0.3, 0.4) is 0 Å². The van der Waals surface area contributed by atoms with Gasteiger partial charge in [-0.15, -0.1) is 0 Å². The number of rotatable bonds is 3. The molecule has 1 N–H and O–H groups in total. The van der Waals surface area contributed by atoms with Crippen molar-refractivity contribution in [2.45, 2.75) is 0 Å². The third kappa shape index (κ3) is 2.62. The predicted octanol–water partition coefficient (Wildman–Crippen LogP) is 1.23. The summed E-state index contributed by atoms with van der Waals surface area (Å²) in [6, 6.07) is 8.44. The fraction of sp³-hybridized carbons (Fsp3) is 0.154. The van der Waals surface area contributed by atoms with E-state index < -0.39 is 11.4 Å². The molecule has 1 aromatic heterocycles. The molecular weight excluding hydrogens is 248 g/mol. The molecule has 2 rings (SSSR count). The molecular formula is C13H12N2O4. The lowest BCUT2D eigenvalue weighted by atomic mass is 10.1. The Hall–Kier alpha value is -2.63. The topological polar surface area (TPSA) is 81.3 Å². The molecule has 98 valence electrons. The van der Waals surface area contributed by atoms with Gasteiger partial charge >= 0.3 is 5.97 Å². The van der Waals surface area contributed by atoms with Gasteiger partial charge in [-0.1, -0.05) is 12.1 Å². The highest BCUT2D eigenvalue weighted by Crippen LogP contribution is 2.20. The monoisotopic (exact) mass is 260 g/mol. The van der Waals surface area contributed by atoms with Crippen LogP contribution in [0.2, 0.25) is 0 Å². The number of aromatic nitrogens is 2. The lowest BCUT2D eigenvalue weighted by Gasteiger charge is -2.04. The molecule has 0 fully saturated rings. The number of carbonyl (C=O) groups excluding carboxylic acids is 1.